The zero-order valence-electron chi connectivity index (χ0n) is 13.3. The van der Waals surface area contributed by atoms with Crippen LogP contribution in [0.15, 0.2) is 47.8 Å². The molecule has 1 heterocycles. The number of aromatic nitrogens is 1. The van der Waals surface area contributed by atoms with Crippen molar-refractivity contribution in [3.8, 4) is 10.6 Å². The second-order valence-corrected chi connectivity index (χ2v) is 7.08. The first kappa shape index (κ1) is 19.5. The normalized spacial score (nSPS) is 11.3. The zero-order chi connectivity index (χ0) is 19.6. The summed E-state index contributed by atoms with van der Waals surface area (Å²) in [6.45, 7) is 0. The average molecular weight is 432 g/mol. The van der Waals surface area contributed by atoms with Crippen LogP contribution < -0.4 is 10.6 Å². The van der Waals surface area contributed by atoms with E-state index in [1.165, 1.54) is 41.7 Å². The molecule has 2 amide bonds. The molecule has 10 heteroatoms. The van der Waals surface area contributed by atoms with Crippen molar-refractivity contribution in [1.82, 2.24) is 4.98 Å². The van der Waals surface area contributed by atoms with Crippen LogP contribution in [-0.2, 0) is 6.18 Å². The molecule has 2 N–H and O–H groups in total. The third-order valence-corrected chi connectivity index (χ3v) is 4.65. The van der Waals surface area contributed by atoms with E-state index in [1.807, 2.05) is 0 Å². The minimum Gasteiger partial charge on any atom is -0.308 e. The number of urea groups is 1. The summed E-state index contributed by atoms with van der Waals surface area (Å²) in [7, 11) is 0. The first-order valence-electron chi connectivity index (χ1n) is 7.38. The molecule has 0 saturated heterocycles. The zero-order valence-corrected chi connectivity index (χ0v) is 15.6. The molecule has 3 aromatic rings. The van der Waals surface area contributed by atoms with Crippen LogP contribution in [0.1, 0.15) is 5.56 Å². The second-order valence-electron chi connectivity index (χ2n) is 5.35. The minimum absolute atomic E-state index is 0.264. The van der Waals surface area contributed by atoms with E-state index in [2.05, 4.69) is 15.6 Å². The molecule has 0 unspecified atom stereocenters. The predicted molar refractivity (Wildman–Crippen MR) is 102 cm³/mol. The largest absolute Gasteiger partial charge is 0.416 e. The van der Waals surface area contributed by atoms with Crippen LogP contribution in [-0.4, -0.2) is 11.0 Å². The number of halogens is 5. The highest BCUT2D eigenvalue weighted by Gasteiger charge is 2.30. The van der Waals surface area contributed by atoms with Gasteiger partial charge in [-0.15, -0.1) is 11.3 Å². The molecule has 0 spiro atoms. The summed E-state index contributed by atoms with van der Waals surface area (Å²) in [5, 5.41) is 7.90. The van der Waals surface area contributed by atoms with Crippen molar-refractivity contribution in [1.29, 1.82) is 0 Å². The highest BCUT2D eigenvalue weighted by atomic mass is 35.5. The van der Waals surface area contributed by atoms with Gasteiger partial charge in [0, 0.05) is 26.7 Å². The molecule has 0 fully saturated rings. The summed E-state index contributed by atoms with van der Waals surface area (Å²) in [6, 6.07) is 8.67. The Kier molecular flexibility index (Phi) is 5.59. The number of benzene rings is 2. The topological polar surface area (TPSA) is 54.0 Å². The number of alkyl halides is 3. The van der Waals surface area contributed by atoms with Gasteiger partial charge in [0.25, 0.3) is 0 Å². The van der Waals surface area contributed by atoms with Crippen LogP contribution in [0.2, 0.25) is 10.0 Å². The third kappa shape index (κ3) is 5.12. The van der Waals surface area contributed by atoms with Gasteiger partial charge in [-0.1, -0.05) is 35.3 Å². The van der Waals surface area contributed by atoms with Crippen molar-refractivity contribution >= 4 is 52.1 Å². The number of rotatable bonds is 3. The highest BCUT2D eigenvalue weighted by Crippen LogP contribution is 2.32. The third-order valence-electron chi connectivity index (χ3n) is 3.33. The Morgan fingerprint density at radius 1 is 1.00 bits per heavy atom. The van der Waals surface area contributed by atoms with Crippen LogP contribution in [0, 0.1) is 0 Å². The van der Waals surface area contributed by atoms with Gasteiger partial charge < -0.3 is 5.32 Å². The van der Waals surface area contributed by atoms with Crippen LogP contribution >= 0.6 is 34.5 Å². The molecule has 140 valence electrons. The standard InChI is InChI=1S/C17H10Cl2F3N3OS/c18-11-5-12(19)7-13(6-11)23-16(26)25-14-8-27-15(24-14)9-1-3-10(4-2-9)17(20,21)22/h1-8H,(H2,23,25,26). The van der Waals surface area contributed by atoms with E-state index in [4.69, 9.17) is 23.2 Å². The van der Waals surface area contributed by atoms with Gasteiger partial charge in [-0.25, -0.2) is 9.78 Å². The Morgan fingerprint density at radius 3 is 2.22 bits per heavy atom. The van der Waals surface area contributed by atoms with Gasteiger partial charge >= 0.3 is 12.2 Å². The molecule has 0 saturated carbocycles. The molecule has 0 aliphatic rings. The van der Waals surface area contributed by atoms with Crippen LogP contribution in [0.5, 0.6) is 0 Å². The summed E-state index contributed by atoms with van der Waals surface area (Å²) in [6.07, 6.45) is -4.39. The van der Waals surface area contributed by atoms with Gasteiger partial charge in [0.15, 0.2) is 0 Å². The molecule has 0 aliphatic carbocycles. The van der Waals surface area contributed by atoms with Gasteiger partial charge in [0.1, 0.15) is 10.8 Å². The summed E-state index contributed by atoms with van der Waals surface area (Å²) in [4.78, 5) is 16.2. The lowest BCUT2D eigenvalue weighted by Gasteiger charge is -2.07. The lowest BCUT2D eigenvalue weighted by Crippen LogP contribution is -2.19. The number of hydrogen-bond acceptors (Lipinski definition) is 3. The maximum Gasteiger partial charge on any atom is 0.416 e. The highest BCUT2D eigenvalue weighted by molar-refractivity contribution is 7.13. The molecule has 0 bridgehead atoms. The van der Waals surface area contributed by atoms with E-state index in [1.54, 1.807) is 5.38 Å². The van der Waals surface area contributed by atoms with Crippen molar-refractivity contribution in [2.45, 2.75) is 6.18 Å². The van der Waals surface area contributed by atoms with Gasteiger partial charge in [0.05, 0.1) is 5.56 Å². The lowest BCUT2D eigenvalue weighted by molar-refractivity contribution is -0.137. The second kappa shape index (κ2) is 7.75. The van der Waals surface area contributed by atoms with E-state index >= 15 is 0 Å². The Hall–Kier alpha value is -2.29. The molecule has 0 radical (unpaired) electrons. The fraction of sp³-hybridized carbons (Fsp3) is 0.0588. The smallest absolute Gasteiger partial charge is 0.308 e. The van der Waals surface area contributed by atoms with Gasteiger partial charge in [-0.3, -0.25) is 5.32 Å². The first-order chi connectivity index (χ1) is 12.7. The molecule has 0 aliphatic heterocycles. The Balaban J connectivity index is 1.67. The number of nitrogens with one attached hydrogen (secondary N) is 2. The lowest BCUT2D eigenvalue weighted by atomic mass is 10.1. The van der Waals surface area contributed by atoms with Crippen LogP contribution in [0.25, 0.3) is 10.6 Å². The van der Waals surface area contributed by atoms with Crippen molar-refractivity contribution in [3.05, 3.63) is 63.5 Å². The van der Waals surface area contributed by atoms with Crippen molar-refractivity contribution in [3.63, 3.8) is 0 Å². The molecule has 2 aromatic carbocycles. The van der Waals surface area contributed by atoms with E-state index in [0.29, 0.717) is 26.3 Å². The van der Waals surface area contributed by atoms with E-state index in [9.17, 15) is 18.0 Å². The van der Waals surface area contributed by atoms with E-state index in [-0.39, 0.29) is 5.82 Å². The Morgan fingerprint density at radius 2 is 1.63 bits per heavy atom. The van der Waals surface area contributed by atoms with Crippen molar-refractivity contribution in [2.75, 3.05) is 10.6 Å². The minimum atomic E-state index is -4.39. The Labute approximate surface area is 165 Å². The number of anilines is 2. The molecular formula is C17H10Cl2F3N3OS. The molecule has 1 aromatic heterocycles. The van der Waals surface area contributed by atoms with Gasteiger partial charge in [0.2, 0.25) is 0 Å². The summed E-state index contributed by atoms with van der Waals surface area (Å²) in [5.74, 6) is 0.264. The molecule has 27 heavy (non-hydrogen) atoms. The van der Waals surface area contributed by atoms with Gasteiger partial charge in [-0.05, 0) is 30.3 Å². The number of carbonyl (C=O) groups is 1. The Bertz CT molecular complexity index is 954. The molecule has 0 atom stereocenters. The number of nitrogens with zero attached hydrogens (tertiary/aromatic N) is 1. The SMILES string of the molecule is O=C(Nc1cc(Cl)cc(Cl)c1)Nc1csc(-c2ccc(C(F)(F)F)cc2)n1. The quantitative estimate of drug-likeness (QED) is 0.480. The number of thiazole rings is 1. The molecule has 4 nitrogen and oxygen atoms in total. The average Bonchev–Trinajstić information content (AvgIpc) is 3.01. The van der Waals surface area contributed by atoms with Crippen molar-refractivity contribution < 1.29 is 18.0 Å². The van der Waals surface area contributed by atoms with E-state index < -0.39 is 17.8 Å². The fourth-order valence-electron chi connectivity index (χ4n) is 2.17. The van der Waals surface area contributed by atoms with E-state index in [0.717, 1.165) is 12.1 Å². The number of hydrogen-bond donors (Lipinski definition) is 2. The van der Waals surface area contributed by atoms with Crippen LogP contribution in [0.4, 0.5) is 29.5 Å². The molecule has 3 rings (SSSR count). The maximum atomic E-state index is 12.6. The number of carbonyl (C=O) groups excluding carboxylic acids is 1. The first-order valence-corrected chi connectivity index (χ1v) is 9.01. The van der Waals surface area contributed by atoms with Gasteiger partial charge in [-0.2, -0.15) is 13.2 Å². The summed E-state index contributed by atoms with van der Waals surface area (Å²) >= 11 is 12.9. The summed E-state index contributed by atoms with van der Waals surface area (Å²) < 4.78 is 37.8. The maximum absolute atomic E-state index is 12.6. The van der Waals surface area contributed by atoms with Crippen molar-refractivity contribution in [2.24, 2.45) is 0 Å². The molecular weight excluding hydrogens is 422 g/mol. The fourth-order valence-corrected chi connectivity index (χ4v) is 3.45. The predicted octanol–water partition coefficient (Wildman–Crippen LogP) is 6.78. The number of amides is 2. The summed E-state index contributed by atoms with van der Waals surface area (Å²) in [5.41, 5.74) is 0.187. The van der Waals surface area contributed by atoms with Crippen LogP contribution in [0.3, 0.4) is 0 Å². The monoisotopic (exact) mass is 431 g/mol.